The van der Waals surface area contributed by atoms with Crippen molar-refractivity contribution in [2.24, 2.45) is 0 Å². The van der Waals surface area contributed by atoms with E-state index in [0.29, 0.717) is 6.42 Å². The number of aromatic nitrogens is 1. The van der Waals surface area contributed by atoms with Crippen molar-refractivity contribution in [3.8, 4) is 11.3 Å². The lowest BCUT2D eigenvalue weighted by molar-refractivity contribution is 0.101. The molecule has 1 aromatic heterocycles. The first kappa shape index (κ1) is 16.2. The number of ketones is 1. The lowest BCUT2D eigenvalue weighted by Gasteiger charge is -2.16. The topological polar surface area (TPSA) is 30.0 Å². The van der Waals surface area contributed by atoms with Gasteiger partial charge in [0.1, 0.15) is 0 Å². The van der Waals surface area contributed by atoms with Gasteiger partial charge in [0.05, 0.1) is 11.2 Å². The molecular weight excluding hydrogens is 318 g/mol. The Hall–Kier alpha value is -3.26. The predicted octanol–water partition coefficient (Wildman–Crippen LogP) is 5.70. The first-order valence-corrected chi connectivity index (χ1v) is 8.76. The highest BCUT2D eigenvalue weighted by Gasteiger charge is 2.19. The number of para-hydroxylation sites is 1. The molecule has 0 unspecified atom stereocenters. The van der Waals surface area contributed by atoms with E-state index in [4.69, 9.17) is 4.98 Å². The van der Waals surface area contributed by atoms with Crippen LogP contribution >= 0.6 is 0 Å². The van der Waals surface area contributed by atoms with Gasteiger partial charge in [0.2, 0.25) is 0 Å². The highest BCUT2D eigenvalue weighted by Crippen LogP contribution is 2.32. The molecule has 0 aliphatic carbocycles. The van der Waals surface area contributed by atoms with Gasteiger partial charge >= 0.3 is 0 Å². The number of hydrogen-bond acceptors (Lipinski definition) is 2. The lowest BCUT2D eigenvalue weighted by atomic mass is 9.90. The van der Waals surface area contributed by atoms with Crippen LogP contribution in [0.3, 0.4) is 0 Å². The molecule has 0 aliphatic heterocycles. The molecule has 3 aromatic carbocycles. The highest BCUT2D eigenvalue weighted by atomic mass is 16.1. The Morgan fingerprint density at radius 3 is 2.12 bits per heavy atom. The molecule has 1 heterocycles. The van der Waals surface area contributed by atoms with Crippen LogP contribution in [0, 0.1) is 0 Å². The summed E-state index contributed by atoms with van der Waals surface area (Å²) in [6, 6.07) is 28.3. The number of nitrogens with zero attached hydrogens (tertiary/aromatic N) is 1. The van der Waals surface area contributed by atoms with E-state index < -0.39 is 0 Å². The Balaban J connectivity index is 2.03. The van der Waals surface area contributed by atoms with E-state index >= 15 is 0 Å². The van der Waals surface area contributed by atoms with E-state index in [1.807, 2.05) is 66.7 Å². The van der Waals surface area contributed by atoms with Gasteiger partial charge in [-0.05, 0) is 30.5 Å². The molecule has 2 nitrogen and oxygen atoms in total. The summed E-state index contributed by atoms with van der Waals surface area (Å²) in [7, 11) is 0. The third-order valence-electron chi connectivity index (χ3n) is 4.62. The number of hydrogen-bond donors (Lipinski definition) is 0. The molecule has 4 aromatic rings. The molecular formula is C24H19NO. The van der Waals surface area contributed by atoms with Gasteiger partial charge < -0.3 is 0 Å². The summed E-state index contributed by atoms with van der Waals surface area (Å²) in [6.45, 7) is 1.63. The monoisotopic (exact) mass is 337 g/mol. The maximum absolute atomic E-state index is 12.7. The van der Waals surface area contributed by atoms with E-state index in [1.54, 1.807) is 6.92 Å². The average Bonchev–Trinajstić information content (AvgIpc) is 2.69. The molecule has 26 heavy (non-hydrogen) atoms. The smallest absolute Gasteiger partial charge is 0.162 e. The number of rotatable bonds is 4. The van der Waals surface area contributed by atoms with Crippen LogP contribution < -0.4 is 0 Å². The van der Waals surface area contributed by atoms with Crippen LogP contribution in [0.2, 0.25) is 0 Å². The van der Waals surface area contributed by atoms with Crippen LogP contribution in [0.15, 0.2) is 84.9 Å². The molecule has 0 atom stereocenters. The van der Waals surface area contributed by atoms with E-state index in [1.165, 1.54) is 5.56 Å². The second-order valence-electron chi connectivity index (χ2n) is 6.42. The fraction of sp³-hybridized carbons (Fsp3) is 0.0833. The van der Waals surface area contributed by atoms with Crippen LogP contribution in [0.4, 0.5) is 0 Å². The average molecular weight is 337 g/mol. The summed E-state index contributed by atoms with van der Waals surface area (Å²) in [6.07, 6.45) is 0.707. The van der Waals surface area contributed by atoms with Gasteiger partial charge in [-0.3, -0.25) is 4.79 Å². The summed E-state index contributed by atoms with van der Waals surface area (Å²) in [5, 5.41) is 1.04. The zero-order valence-corrected chi connectivity index (χ0v) is 14.6. The predicted molar refractivity (Wildman–Crippen MR) is 106 cm³/mol. The van der Waals surface area contributed by atoms with Gasteiger partial charge in [-0.2, -0.15) is 0 Å². The summed E-state index contributed by atoms with van der Waals surface area (Å²) in [4.78, 5) is 17.5. The number of pyridine rings is 1. The van der Waals surface area contributed by atoms with Crippen molar-refractivity contribution in [1.82, 2.24) is 4.98 Å². The van der Waals surface area contributed by atoms with E-state index in [2.05, 4.69) is 18.2 Å². The van der Waals surface area contributed by atoms with Gasteiger partial charge in [0.25, 0.3) is 0 Å². The molecule has 0 N–H and O–H groups in total. The Kier molecular flexibility index (Phi) is 4.32. The first-order chi connectivity index (χ1) is 12.7. The quantitative estimate of drug-likeness (QED) is 0.447. The maximum Gasteiger partial charge on any atom is 0.162 e. The SMILES string of the molecule is CC(=O)c1c(-c2ccccc2)nc2ccccc2c1Cc1ccccc1. The second-order valence-corrected chi connectivity index (χ2v) is 6.42. The van der Waals surface area contributed by atoms with Gasteiger partial charge in [-0.1, -0.05) is 78.9 Å². The molecule has 0 fully saturated rings. The van der Waals surface area contributed by atoms with Gasteiger partial charge in [0.15, 0.2) is 5.78 Å². The van der Waals surface area contributed by atoms with Crippen molar-refractivity contribution >= 4 is 16.7 Å². The van der Waals surface area contributed by atoms with Crippen LogP contribution in [0.25, 0.3) is 22.2 Å². The van der Waals surface area contributed by atoms with Gasteiger partial charge in [-0.25, -0.2) is 4.98 Å². The van der Waals surface area contributed by atoms with Gasteiger partial charge in [-0.15, -0.1) is 0 Å². The third kappa shape index (κ3) is 3.02. The molecule has 0 saturated heterocycles. The van der Waals surface area contributed by atoms with Crippen molar-refractivity contribution in [2.75, 3.05) is 0 Å². The standard InChI is InChI=1S/C24H19NO/c1-17(26)23-21(16-18-10-4-2-5-11-18)20-14-8-9-15-22(20)25-24(23)19-12-6-3-7-13-19/h2-15H,16H2,1H3. The molecule has 0 bridgehead atoms. The van der Waals surface area contributed by atoms with Crippen molar-refractivity contribution < 1.29 is 4.79 Å². The van der Waals surface area contributed by atoms with Crippen molar-refractivity contribution in [3.05, 3.63) is 102 Å². The van der Waals surface area contributed by atoms with Crippen LogP contribution in [-0.2, 0) is 6.42 Å². The first-order valence-electron chi connectivity index (χ1n) is 8.76. The minimum Gasteiger partial charge on any atom is -0.294 e. The number of Topliss-reactive ketones (excluding diaryl/α,β-unsaturated/α-hetero) is 1. The number of carbonyl (C=O) groups excluding carboxylic acids is 1. The van der Waals surface area contributed by atoms with Crippen molar-refractivity contribution in [3.63, 3.8) is 0 Å². The number of benzene rings is 3. The van der Waals surface area contributed by atoms with Crippen molar-refractivity contribution in [2.45, 2.75) is 13.3 Å². The Morgan fingerprint density at radius 1 is 0.808 bits per heavy atom. The second kappa shape index (κ2) is 6.93. The van der Waals surface area contributed by atoms with Crippen LogP contribution in [-0.4, -0.2) is 10.8 Å². The van der Waals surface area contributed by atoms with Crippen molar-refractivity contribution in [1.29, 1.82) is 0 Å². The zero-order chi connectivity index (χ0) is 17.9. The minimum atomic E-state index is 0.0491. The molecule has 0 aliphatic rings. The summed E-state index contributed by atoms with van der Waals surface area (Å²) >= 11 is 0. The molecule has 0 saturated carbocycles. The zero-order valence-electron chi connectivity index (χ0n) is 14.6. The number of fused-ring (bicyclic) bond motifs is 1. The fourth-order valence-electron chi connectivity index (χ4n) is 3.45. The van der Waals surface area contributed by atoms with E-state index in [9.17, 15) is 4.79 Å². The summed E-state index contributed by atoms with van der Waals surface area (Å²) in [5.41, 5.74) is 5.61. The highest BCUT2D eigenvalue weighted by molar-refractivity contribution is 6.06. The summed E-state index contributed by atoms with van der Waals surface area (Å²) in [5.74, 6) is 0.0491. The minimum absolute atomic E-state index is 0.0491. The molecule has 2 heteroatoms. The number of carbonyl (C=O) groups is 1. The Bertz CT molecular complexity index is 1070. The Morgan fingerprint density at radius 2 is 1.42 bits per heavy atom. The lowest BCUT2D eigenvalue weighted by Crippen LogP contribution is -2.07. The molecule has 0 spiro atoms. The van der Waals surface area contributed by atoms with E-state index in [-0.39, 0.29) is 5.78 Å². The molecule has 0 radical (unpaired) electrons. The normalized spacial score (nSPS) is 10.8. The Labute approximate surface area is 153 Å². The van der Waals surface area contributed by atoms with Crippen LogP contribution in [0.1, 0.15) is 28.4 Å². The summed E-state index contributed by atoms with van der Waals surface area (Å²) < 4.78 is 0. The van der Waals surface area contributed by atoms with Gasteiger partial charge in [0, 0.05) is 16.5 Å². The van der Waals surface area contributed by atoms with Crippen LogP contribution in [0.5, 0.6) is 0 Å². The molecule has 0 amide bonds. The third-order valence-corrected chi connectivity index (χ3v) is 4.62. The fourth-order valence-corrected chi connectivity index (χ4v) is 3.45. The van der Waals surface area contributed by atoms with E-state index in [0.717, 1.165) is 33.3 Å². The molecule has 126 valence electrons. The molecule has 4 rings (SSSR count). The maximum atomic E-state index is 12.7. The largest absolute Gasteiger partial charge is 0.294 e.